The first-order valence-corrected chi connectivity index (χ1v) is 7.60. The summed E-state index contributed by atoms with van der Waals surface area (Å²) in [7, 11) is 1.96. The molecule has 1 aromatic heterocycles. The SMILES string of the molecule is Cn1cc2c(n1)CC1CCC2N1C(=O)Cc1ccccc1. The van der Waals surface area contributed by atoms with Gasteiger partial charge < -0.3 is 4.90 Å². The first-order valence-electron chi connectivity index (χ1n) is 7.60. The van der Waals surface area contributed by atoms with E-state index in [9.17, 15) is 4.79 Å². The number of aryl methyl sites for hydroxylation is 1. The molecule has 108 valence electrons. The van der Waals surface area contributed by atoms with Crippen LogP contribution in [0.1, 0.15) is 35.7 Å². The molecule has 0 spiro atoms. The Morgan fingerprint density at radius 1 is 1.29 bits per heavy atom. The van der Waals surface area contributed by atoms with Gasteiger partial charge in [0.1, 0.15) is 0 Å². The van der Waals surface area contributed by atoms with Gasteiger partial charge >= 0.3 is 0 Å². The highest BCUT2D eigenvalue weighted by Crippen LogP contribution is 2.43. The van der Waals surface area contributed by atoms with Crippen LogP contribution in [0, 0.1) is 0 Å². The van der Waals surface area contributed by atoms with Gasteiger partial charge in [-0.2, -0.15) is 5.10 Å². The summed E-state index contributed by atoms with van der Waals surface area (Å²) in [6, 6.07) is 10.6. The van der Waals surface area contributed by atoms with E-state index in [-0.39, 0.29) is 11.9 Å². The van der Waals surface area contributed by atoms with Crippen LogP contribution in [-0.4, -0.2) is 26.6 Å². The Labute approximate surface area is 124 Å². The van der Waals surface area contributed by atoms with Gasteiger partial charge in [-0.15, -0.1) is 0 Å². The van der Waals surface area contributed by atoms with Crippen molar-refractivity contribution >= 4 is 5.91 Å². The molecule has 2 aromatic rings. The van der Waals surface area contributed by atoms with Crippen LogP contribution >= 0.6 is 0 Å². The zero-order valence-electron chi connectivity index (χ0n) is 12.2. The normalized spacial score (nSPS) is 23.2. The van der Waals surface area contributed by atoms with Crippen molar-refractivity contribution in [2.24, 2.45) is 7.05 Å². The number of hydrogen-bond donors (Lipinski definition) is 0. The zero-order chi connectivity index (χ0) is 14.4. The molecule has 3 heterocycles. The second kappa shape index (κ2) is 4.72. The van der Waals surface area contributed by atoms with E-state index < -0.39 is 0 Å². The minimum Gasteiger partial charge on any atom is -0.332 e. The van der Waals surface area contributed by atoms with Crippen LogP contribution in [0.3, 0.4) is 0 Å². The summed E-state index contributed by atoms with van der Waals surface area (Å²) in [4.78, 5) is 14.9. The molecule has 2 aliphatic rings. The number of carbonyl (C=O) groups is 1. The fourth-order valence-electron chi connectivity index (χ4n) is 3.84. The second-order valence-electron chi connectivity index (χ2n) is 6.12. The summed E-state index contributed by atoms with van der Waals surface area (Å²) < 4.78 is 1.88. The van der Waals surface area contributed by atoms with Crippen molar-refractivity contribution in [3.05, 3.63) is 53.3 Å². The number of benzene rings is 1. The summed E-state index contributed by atoms with van der Waals surface area (Å²) in [5.41, 5.74) is 3.54. The Morgan fingerprint density at radius 2 is 2.10 bits per heavy atom. The molecule has 1 amide bonds. The third-order valence-electron chi connectivity index (χ3n) is 4.71. The summed E-state index contributed by atoms with van der Waals surface area (Å²) in [5.74, 6) is 0.253. The lowest BCUT2D eigenvalue weighted by atomic mass is 9.99. The maximum Gasteiger partial charge on any atom is 0.227 e. The summed E-state index contributed by atoms with van der Waals surface area (Å²) in [6.07, 6.45) is 5.68. The lowest BCUT2D eigenvalue weighted by Crippen LogP contribution is -2.42. The molecule has 2 atom stereocenters. The molecular formula is C17H19N3O. The topological polar surface area (TPSA) is 38.1 Å². The van der Waals surface area contributed by atoms with Crippen LogP contribution in [0.4, 0.5) is 0 Å². The van der Waals surface area contributed by atoms with Gasteiger partial charge in [0.15, 0.2) is 0 Å². The van der Waals surface area contributed by atoms with Gasteiger partial charge in [0.2, 0.25) is 5.91 Å². The van der Waals surface area contributed by atoms with Crippen LogP contribution in [0.5, 0.6) is 0 Å². The van der Waals surface area contributed by atoms with E-state index in [0.717, 1.165) is 24.8 Å². The Morgan fingerprint density at radius 3 is 2.90 bits per heavy atom. The number of nitrogens with zero attached hydrogens (tertiary/aromatic N) is 3. The number of rotatable bonds is 2. The van der Waals surface area contributed by atoms with Crippen LogP contribution < -0.4 is 0 Å². The fraction of sp³-hybridized carbons (Fsp3) is 0.412. The molecular weight excluding hydrogens is 262 g/mol. The Kier molecular flexibility index (Phi) is 2.84. The van der Waals surface area contributed by atoms with Crippen molar-refractivity contribution in [2.45, 2.75) is 37.8 Å². The molecule has 1 aromatic carbocycles. The highest BCUT2D eigenvalue weighted by molar-refractivity contribution is 5.80. The van der Waals surface area contributed by atoms with Gasteiger partial charge in [-0.1, -0.05) is 30.3 Å². The molecule has 21 heavy (non-hydrogen) atoms. The molecule has 0 radical (unpaired) electrons. The van der Waals surface area contributed by atoms with Crippen LogP contribution in [-0.2, 0) is 24.7 Å². The zero-order valence-corrected chi connectivity index (χ0v) is 12.2. The van der Waals surface area contributed by atoms with E-state index in [1.54, 1.807) is 0 Å². The fourth-order valence-corrected chi connectivity index (χ4v) is 3.84. The molecule has 4 heteroatoms. The lowest BCUT2D eigenvalue weighted by molar-refractivity contribution is -0.134. The summed E-state index contributed by atoms with van der Waals surface area (Å²) in [5, 5.41) is 4.55. The molecule has 4 nitrogen and oxygen atoms in total. The van der Waals surface area contributed by atoms with Gasteiger partial charge in [-0.05, 0) is 18.4 Å². The van der Waals surface area contributed by atoms with Crippen molar-refractivity contribution < 1.29 is 4.79 Å². The van der Waals surface area contributed by atoms with Gasteiger partial charge in [-0.3, -0.25) is 9.48 Å². The Hall–Kier alpha value is -2.10. The number of fused-ring (bicyclic) bond motifs is 4. The molecule has 0 saturated carbocycles. The highest BCUT2D eigenvalue weighted by atomic mass is 16.2. The average Bonchev–Trinajstić information content (AvgIpc) is 3.01. The van der Waals surface area contributed by atoms with Crippen LogP contribution in [0.15, 0.2) is 36.5 Å². The number of carbonyl (C=O) groups excluding carboxylic acids is 1. The largest absolute Gasteiger partial charge is 0.332 e. The van der Waals surface area contributed by atoms with Crippen molar-refractivity contribution in [1.29, 1.82) is 0 Å². The van der Waals surface area contributed by atoms with Crippen molar-refractivity contribution in [3.8, 4) is 0 Å². The quantitative estimate of drug-likeness (QED) is 0.847. The molecule has 0 N–H and O–H groups in total. The van der Waals surface area contributed by atoms with E-state index in [4.69, 9.17) is 0 Å². The lowest BCUT2D eigenvalue weighted by Gasteiger charge is -2.34. The highest BCUT2D eigenvalue weighted by Gasteiger charge is 2.43. The number of aromatic nitrogens is 2. The Balaban J connectivity index is 1.60. The smallest absolute Gasteiger partial charge is 0.227 e. The molecule has 1 fully saturated rings. The van der Waals surface area contributed by atoms with Crippen LogP contribution in [0.25, 0.3) is 0 Å². The van der Waals surface area contributed by atoms with Gasteiger partial charge in [0.05, 0.1) is 18.2 Å². The average molecular weight is 281 g/mol. The molecule has 2 unspecified atom stereocenters. The molecule has 2 aliphatic heterocycles. The predicted octanol–water partition coefficient (Wildman–Crippen LogP) is 2.25. The standard InChI is InChI=1S/C17H19N3O/c1-19-11-14-15(18-19)10-13-7-8-16(14)20(13)17(21)9-12-5-3-2-4-6-12/h2-6,11,13,16H,7-10H2,1H3. The molecule has 2 bridgehead atoms. The minimum atomic E-state index is 0.240. The maximum absolute atomic E-state index is 12.7. The second-order valence-corrected chi connectivity index (χ2v) is 6.12. The predicted molar refractivity (Wildman–Crippen MR) is 79.7 cm³/mol. The van der Waals surface area contributed by atoms with E-state index in [2.05, 4.69) is 16.2 Å². The van der Waals surface area contributed by atoms with Crippen molar-refractivity contribution in [2.75, 3.05) is 0 Å². The first kappa shape index (κ1) is 12.6. The minimum absolute atomic E-state index is 0.240. The molecule has 4 rings (SSSR count). The number of amides is 1. The van der Waals surface area contributed by atoms with E-state index in [1.165, 1.54) is 11.3 Å². The van der Waals surface area contributed by atoms with Gasteiger partial charge in [0, 0.05) is 31.3 Å². The molecule has 0 aliphatic carbocycles. The number of hydrogen-bond acceptors (Lipinski definition) is 2. The van der Waals surface area contributed by atoms with E-state index in [0.29, 0.717) is 12.5 Å². The third kappa shape index (κ3) is 2.06. The van der Waals surface area contributed by atoms with E-state index >= 15 is 0 Å². The molecule has 1 saturated heterocycles. The first-order chi connectivity index (χ1) is 10.2. The van der Waals surface area contributed by atoms with E-state index in [1.807, 2.05) is 42.1 Å². The maximum atomic E-state index is 12.7. The van der Waals surface area contributed by atoms with Gasteiger partial charge in [-0.25, -0.2) is 0 Å². The van der Waals surface area contributed by atoms with Gasteiger partial charge in [0.25, 0.3) is 0 Å². The summed E-state index contributed by atoms with van der Waals surface area (Å²) in [6.45, 7) is 0. The van der Waals surface area contributed by atoms with Crippen molar-refractivity contribution in [3.63, 3.8) is 0 Å². The monoisotopic (exact) mass is 281 g/mol. The summed E-state index contributed by atoms with van der Waals surface area (Å²) >= 11 is 0. The Bertz CT molecular complexity index is 677. The van der Waals surface area contributed by atoms with Crippen molar-refractivity contribution in [1.82, 2.24) is 14.7 Å². The van der Waals surface area contributed by atoms with Crippen LogP contribution in [0.2, 0.25) is 0 Å². The third-order valence-corrected chi connectivity index (χ3v) is 4.71.